The van der Waals surface area contributed by atoms with E-state index in [1.54, 1.807) is 21.8 Å². The quantitative estimate of drug-likeness (QED) is 0.822. The van der Waals surface area contributed by atoms with Crippen LogP contribution in [0, 0.1) is 13.8 Å². The van der Waals surface area contributed by atoms with Crippen molar-refractivity contribution in [2.75, 3.05) is 13.1 Å². The molecule has 1 aliphatic rings. The Morgan fingerprint density at radius 2 is 2.04 bits per heavy atom. The number of likely N-dealkylation sites (tertiary alicyclic amines) is 1. The molecule has 0 bridgehead atoms. The lowest BCUT2D eigenvalue weighted by atomic mass is 9.87. The highest BCUT2D eigenvalue weighted by Crippen LogP contribution is 2.29. The van der Waals surface area contributed by atoms with E-state index in [4.69, 9.17) is 0 Å². The summed E-state index contributed by atoms with van der Waals surface area (Å²) in [5.41, 5.74) is 1.57. The molecular formula is C20H30N6O2. The molecule has 28 heavy (non-hydrogen) atoms. The van der Waals surface area contributed by atoms with Crippen molar-refractivity contribution in [3.05, 3.63) is 35.4 Å². The summed E-state index contributed by atoms with van der Waals surface area (Å²) >= 11 is 0. The summed E-state index contributed by atoms with van der Waals surface area (Å²) in [6, 6.07) is 3.74. The van der Waals surface area contributed by atoms with Gasteiger partial charge in [-0.05, 0) is 59.1 Å². The van der Waals surface area contributed by atoms with E-state index in [0.29, 0.717) is 38.3 Å². The molecule has 0 unspecified atom stereocenters. The first-order valence-corrected chi connectivity index (χ1v) is 10.00. The summed E-state index contributed by atoms with van der Waals surface area (Å²) in [5.74, 6) is -0.292. The van der Waals surface area contributed by atoms with Gasteiger partial charge in [-0.15, -0.1) is 0 Å². The van der Waals surface area contributed by atoms with Gasteiger partial charge in [-0.2, -0.15) is 10.2 Å². The lowest BCUT2D eigenvalue weighted by Gasteiger charge is -2.43. The van der Waals surface area contributed by atoms with E-state index in [2.05, 4.69) is 15.5 Å². The first-order valence-electron chi connectivity index (χ1n) is 10.00. The predicted octanol–water partition coefficient (Wildman–Crippen LogP) is 1.92. The van der Waals surface area contributed by atoms with Crippen LogP contribution in [0.3, 0.4) is 0 Å². The third-order valence-corrected chi connectivity index (χ3v) is 5.52. The number of carbonyl (C=O) groups is 2. The van der Waals surface area contributed by atoms with Crippen LogP contribution in [-0.4, -0.2) is 54.9 Å². The Labute approximate surface area is 165 Å². The number of nitrogens with zero attached hydrogens (tertiary/aromatic N) is 5. The second kappa shape index (κ2) is 8.16. The van der Waals surface area contributed by atoms with E-state index in [-0.39, 0.29) is 11.8 Å². The van der Waals surface area contributed by atoms with Crippen LogP contribution in [0.15, 0.2) is 18.3 Å². The van der Waals surface area contributed by atoms with Crippen molar-refractivity contribution in [2.45, 2.75) is 65.6 Å². The number of hydrogen-bond acceptors (Lipinski definition) is 4. The van der Waals surface area contributed by atoms with Crippen molar-refractivity contribution in [3.8, 4) is 0 Å². The van der Waals surface area contributed by atoms with Crippen molar-refractivity contribution in [2.24, 2.45) is 0 Å². The van der Waals surface area contributed by atoms with Gasteiger partial charge >= 0.3 is 0 Å². The summed E-state index contributed by atoms with van der Waals surface area (Å²) in [7, 11) is 0. The summed E-state index contributed by atoms with van der Waals surface area (Å²) in [4.78, 5) is 27.8. The maximum Gasteiger partial charge on any atom is 0.275 e. The number of nitrogens with one attached hydrogen (secondary N) is 1. The Hall–Kier alpha value is -2.64. The minimum Gasteiger partial charge on any atom is -0.352 e. The monoisotopic (exact) mass is 386 g/mol. The Morgan fingerprint density at radius 1 is 1.25 bits per heavy atom. The number of carbonyl (C=O) groups excluding carboxylic acids is 2. The molecule has 3 heterocycles. The van der Waals surface area contributed by atoms with Crippen LogP contribution in [0.1, 0.15) is 55.0 Å². The highest BCUT2D eigenvalue weighted by Gasteiger charge is 2.44. The van der Waals surface area contributed by atoms with Gasteiger partial charge in [0, 0.05) is 31.5 Å². The molecule has 8 nitrogen and oxygen atoms in total. The second-order valence-corrected chi connectivity index (χ2v) is 7.65. The Morgan fingerprint density at radius 3 is 2.68 bits per heavy atom. The third kappa shape index (κ3) is 3.95. The molecule has 0 aliphatic carbocycles. The number of rotatable bonds is 6. The maximum absolute atomic E-state index is 13.0. The molecule has 3 rings (SSSR count). The Kier molecular flexibility index (Phi) is 5.86. The summed E-state index contributed by atoms with van der Waals surface area (Å²) in [6.45, 7) is 10.1. The van der Waals surface area contributed by atoms with Crippen LogP contribution in [0.4, 0.5) is 0 Å². The lowest BCUT2D eigenvalue weighted by Crippen LogP contribution is -2.61. The standard InChI is InChI=1S/C20H30N6O2/c1-5-24-12-8-17(23-24)18(27)25-11-7-6-9-20(25,4)19(28)21-10-13-26-16(3)14-15(2)22-26/h8,12,14H,5-7,9-11,13H2,1-4H3,(H,21,28)/t20-/m1/s1. The minimum absolute atomic E-state index is 0.114. The fourth-order valence-corrected chi connectivity index (χ4v) is 3.84. The topological polar surface area (TPSA) is 85.0 Å². The molecule has 0 radical (unpaired) electrons. The molecule has 2 aromatic heterocycles. The second-order valence-electron chi connectivity index (χ2n) is 7.65. The van der Waals surface area contributed by atoms with Gasteiger partial charge in [0.2, 0.25) is 5.91 Å². The Balaban J connectivity index is 1.68. The minimum atomic E-state index is -0.861. The highest BCUT2D eigenvalue weighted by molar-refractivity contribution is 5.98. The van der Waals surface area contributed by atoms with E-state index in [1.807, 2.05) is 38.4 Å². The van der Waals surface area contributed by atoms with Crippen molar-refractivity contribution in [3.63, 3.8) is 0 Å². The van der Waals surface area contributed by atoms with Gasteiger partial charge in [0.25, 0.3) is 5.91 Å². The van der Waals surface area contributed by atoms with Crippen LogP contribution >= 0.6 is 0 Å². The van der Waals surface area contributed by atoms with Gasteiger partial charge in [-0.25, -0.2) is 0 Å². The van der Waals surface area contributed by atoms with E-state index in [1.165, 1.54) is 0 Å². The van der Waals surface area contributed by atoms with Crippen molar-refractivity contribution in [1.29, 1.82) is 0 Å². The fourth-order valence-electron chi connectivity index (χ4n) is 3.84. The molecule has 152 valence electrons. The first-order chi connectivity index (χ1) is 13.3. The van der Waals surface area contributed by atoms with Gasteiger partial charge in [0.15, 0.2) is 0 Å². The zero-order valence-electron chi connectivity index (χ0n) is 17.2. The van der Waals surface area contributed by atoms with Gasteiger partial charge in [-0.3, -0.25) is 19.0 Å². The SMILES string of the molecule is CCn1ccc(C(=O)N2CCCC[C@]2(C)C(=O)NCCn2nc(C)cc2C)n1. The van der Waals surface area contributed by atoms with E-state index in [0.717, 1.165) is 24.2 Å². The summed E-state index contributed by atoms with van der Waals surface area (Å²) in [6.07, 6.45) is 4.27. The molecule has 1 N–H and O–H groups in total. The predicted molar refractivity (Wildman–Crippen MR) is 106 cm³/mol. The van der Waals surface area contributed by atoms with E-state index in [9.17, 15) is 9.59 Å². The van der Waals surface area contributed by atoms with E-state index < -0.39 is 5.54 Å². The van der Waals surface area contributed by atoms with Crippen molar-refractivity contribution >= 4 is 11.8 Å². The molecule has 8 heteroatoms. The molecule has 1 fully saturated rings. The number of amides is 2. The normalized spacial score (nSPS) is 19.6. The first kappa shape index (κ1) is 20.1. The fraction of sp³-hybridized carbons (Fsp3) is 0.600. The van der Waals surface area contributed by atoms with Crippen LogP contribution < -0.4 is 5.32 Å². The molecule has 2 amide bonds. The van der Waals surface area contributed by atoms with Crippen LogP contribution in [0.5, 0.6) is 0 Å². The number of hydrogen-bond donors (Lipinski definition) is 1. The smallest absolute Gasteiger partial charge is 0.275 e. The molecule has 0 saturated carbocycles. The summed E-state index contributed by atoms with van der Waals surface area (Å²) in [5, 5.41) is 11.8. The molecule has 1 saturated heterocycles. The van der Waals surface area contributed by atoms with Crippen molar-refractivity contribution < 1.29 is 9.59 Å². The lowest BCUT2D eigenvalue weighted by molar-refractivity contribution is -0.133. The molecule has 1 aliphatic heterocycles. The van der Waals surface area contributed by atoms with Crippen LogP contribution in [0.25, 0.3) is 0 Å². The third-order valence-electron chi connectivity index (χ3n) is 5.52. The molecule has 0 aromatic carbocycles. The zero-order valence-corrected chi connectivity index (χ0v) is 17.2. The van der Waals surface area contributed by atoms with Gasteiger partial charge in [0.05, 0.1) is 12.2 Å². The maximum atomic E-state index is 13.0. The molecule has 0 spiro atoms. The average Bonchev–Trinajstić information content (AvgIpc) is 3.27. The van der Waals surface area contributed by atoms with Gasteiger partial charge in [-0.1, -0.05) is 0 Å². The zero-order chi connectivity index (χ0) is 20.3. The van der Waals surface area contributed by atoms with Gasteiger partial charge < -0.3 is 10.2 Å². The van der Waals surface area contributed by atoms with Crippen molar-refractivity contribution in [1.82, 2.24) is 29.8 Å². The molecule has 2 aromatic rings. The van der Waals surface area contributed by atoms with Gasteiger partial charge in [0.1, 0.15) is 11.2 Å². The summed E-state index contributed by atoms with van der Waals surface area (Å²) < 4.78 is 3.61. The van der Waals surface area contributed by atoms with Crippen LogP contribution in [-0.2, 0) is 17.9 Å². The molecular weight excluding hydrogens is 356 g/mol. The molecule has 1 atom stereocenters. The number of aryl methyl sites for hydroxylation is 3. The highest BCUT2D eigenvalue weighted by atomic mass is 16.2. The van der Waals surface area contributed by atoms with Crippen LogP contribution in [0.2, 0.25) is 0 Å². The number of aromatic nitrogens is 4. The largest absolute Gasteiger partial charge is 0.352 e. The Bertz CT molecular complexity index is 855. The average molecular weight is 387 g/mol. The van der Waals surface area contributed by atoms with E-state index >= 15 is 0 Å². The number of piperidine rings is 1.